The summed E-state index contributed by atoms with van der Waals surface area (Å²) in [4.78, 5) is 14.6. The van der Waals surface area contributed by atoms with Gasteiger partial charge in [0.15, 0.2) is 0 Å². The first-order valence-electron chi connectivity index (χ1n) is 4.10. The fourth-order valence-electron chi connectivity index (χ4n) is 1.25. The van der Waals surface area contributed by atoms with Gasteiger partial charge in [0, 0.05) is 11.8 Å². The number of carboxylic acid groups (broad SMARTS) is 1. The molecule has 0 saturated carbocycles. The van der Waals surface area contributed by atoms with Gasteiger partial charge in [-0.15, -0.1) is 0 Å². The summed E-state index contributed by atoms with van der Waals surface area (Å²) < 4.78 is 0. The Labute approximate surface area is 76.4 Å². The van der Waals surface area contributed by atoms with Crippen molar-refractivity contribution in [1.82, 2.24) is 4.98 Å². The predicted octanol–water partition coefficient (Wildman–Crippen LogP) is 1.24. The van der Waals surface area contributed by atoms with Crippen LogP contribution in [0.4, 0.5) is 5.82 Å². The molecular formula is C9H12N2O2. The number of rotatable bonds is 3. The third kappa shape index (κ3) is 1.96. The smallest absolute Gasteiger partial charge is 0.311 e. The van der Waals surface area contributed by atoms with Gasteiger partial charge >= 0.3 is 5.97 Å². The normalized spacial score (nSPS) is 12.4. The molecule has 0 aliphatic heterocycles. The monoisotopic (exact) mass is 180 g/mol. The van der Waals surface area contributed by atoms with Crippen molar-refractivity contribution < 1.29 is 9.90 Å². The number of nitrogens with two attached hydrogens (primary N) is 1. The van der Waals surface area contributed by atoms with Gasteiger partial charge < -0.3 is 10.8 Å². The Kier molecular flexibility index (Phi) is 2.84. The molecule has 1 aromatic heterocycles. The quantitative estimate of drug-likeness (QED) is 0.733. The highest BCUT2D eigenvalue weighted by atomic mass is 16.4. The first kappa shape index (κ1) is 9.51. The molecule has 1 rings (SSSR count). The third-order valence-electron chi connectivity index (χ3n) is 1.95. The summed E-state index contributed by atoms with van der Waals surface area (Å²) in [5.41, 5.74) is 6.16. The molecule has 70 valence electrons. The van der Waals surface area contributed by atoms with Crippen molar-refractivity contribution in [3.05, 3.63) is 23.9 Å². The Hall–Kier alpha value is -1.58. The van der Waals surface area contributed by atoms with Crippen LogP contribution in [0.1, 0.15) is 24.8 Å². The average molecular weight is 180 g/mol. The van der Waals surface area contributed by atoms with E-state index < -0.39 is 11.9 Å². The van der Waals surface area contributed by atoms with E-state index in [9.17, 15) is 4.79 Å². The zero-order chi connectivity index (χ0) is 9.84. The van der Waals surface area contributed by atoms with Crippen molar-refractivity contribution in [2.75, 3.05) is 5.73 Å². The van der Waals surface area contributed by atoms with E-state index in [0.29, 0.717) is 17.8 Å². The fourth-order valence-corrected chi connectivity index (χ4v) is 1.25. The molecule has 0 aromatic carbocycles. The molecule has 4 heteroatoms. The lowest BCUT2D eigenvalue weighted by Crippen LogP contribution is -2.13. The van der Waals surface area contributed by atoms with E-state index in [1.807, 2.05) is 6.92 Å². The van der Waals surface area contributed by atoms with Gasteiger partial charge in [-0.05, 0) is 12.5 Å². The molecule has 1 unspecified atom stereocenters. The molecule has 1 atom stereocenters. The van der Waals surface area contributed by atoms with Gasteiger partial charge in [-0.25, -0.2) is 4.98 Å². The second kappa shape index (κ2) is 3.89. The van der Waals surface area contributed by atoms with Crippen molar-refractivity contribution in [2.24, 2.45) is 0 Å². The number of hydrogen-bond acceptors (Lipinski definition) is 3. The number of carbonyl (C=O) groups is 1. The van der Waals surface area contributed by atoms with E-state index in [1.165, 1.54) is 0 Å². The van der Waals surface area contributed by atoms with Crippen molar-refractivity contribution in [1.29, 1.82) is 0 Å². The molecule has 0 aliphatic carbocycles. The van der Waals surface area contributed by atoms with Gasteiger partial charge in [0.1, 0.15) is 5.82 Å². The summed E-state index contributed by atoms with van der Waals surface area (Å²) in [5.74, 6) is -1.10. The molecule has 0 bridgehead atoms. The highest BCUT2D eigenvalue weighted by molar-refractivity contribution is 5.77. The summed E-state index contributed by atoms with van der Waals surface area (Å²) in [6.07, 6.45) is 2.07. The molecule has 13 heavy (non-hydrogen) atoms. The molecule has 0 amide bonds. The summed E-state index contributed by atoms with van der Waals surface area (Å²) in [5, 5.41) is 8.87. The number of pyridine rings is 1. The van der Waals surface area contributed by atoms with Crippen LogP contribution in [-0.4, -0.2) is 16.1 Å². The number of nitrogen functional groups attached to an aromatic ring is 1. The van der Waals surface area contributed by atoms with Crippen LogP contribution in [0.5, 0.6) is 0 Å². The van der Waals surface area contributed by atoms with Crippen LogP contribution in [0.2, 0.25) is 0 Å². The SMILES string of the molecule is CCC(C(=O)O)c1cccnc1N. The van der Waals surface area contributed by atoms with Gasteiger partial charge in [-0.3, -0.25) is 4.79 Å². The van der Waals surface area contributed by atoms with Crippen LogP contribution in [-0.2, 0) is 4.79 Å². The lowest BCUT2D eigenvalue weighted by Gasteiger charge is -2.11. The number of aromatic nitrogens is 1. The van der Waals surface area contributed by atoms with Crippen LogP contribution in [0, 0.1) is 0 Å². The molecular weight excluding hydrogens is 168 g/mol. The van der Waals surface area contributed by atoms with Crippen molar-refractivity contribution >= 4 is 11.8 Å². The van der Waals surface area contributed by atoms with Gasteiger partial charge in [0.2, 0.25) is 0 Å². The van der Waals surface area contributed by atoms with Crippen LogP contribution in [0.15, 0.2) is 18.3 Å². The first-order chi connectivity index (χ1) is 6.16. The van der Waals surface area contributed by atoms with E-state index in [2.05, 4.69) is 4.98 Å². The molecule has 0 spiro atoms. The van der Waals surface area contributed by atoms with E-state index >= 15 is 0 Å². The first-order valence-corrected chi connectivity index (χ1v) is 4.10. The maximum Gasteiger partial charge on any atom is 0.311 e. The number of hydrogen-bond donors (Lipinski definition) is 2. The van der Waals surface area contributed by atoms with Crippen molar-refractivity contribution in [3.63, 3.8) is 0 Å². The van der Waals surface area contributed by atoms with Crippen molar-refractivity contribution in [3.8, 4) is 0 Å². The largest absolute Gasteiger partial charge is 0.481 e. The Morgan fingerprint density at radius 3 is 2.92 bits per heavy atom. The Morgan fingerprint density at radius 1 is 1.77 bits per heavy atom. The Bertz CT molecular complexity index is 312. The predicted molar refractivity (Wildman–Crippen MR) is 49.3 cm³/mol. The second-order valence-electron chi connectivity index (χ2n) is 2.78. The molecule has 0 fully saturated rings. The van der Waals surface area contributed by atoms with Crippen LogP contribution in [0.3, 0.4) is 0 Å². The van der Waals surface area contributed by atoms with E-state index in [0.717, 1.165) is 0 Å². The maximum atomic E-state index is 10.8. The number of carboxylic acids is 1. The Balaban J connectivity index is 3.04. The molecule has 1 aromatic rings. The maximum absolute atomic E-state index is 10.8. The minimum atomic E-state index is -0.859. The average Bonchev–Trinajstić information content (AvgIpc) is 2.09. The van der Waals surface area contributed by atoms with Crippen LogP contribution in [0.25, 0.3) is 0 Å². The standard InChI is InChI=1S/C9H12N2O2/c1-2-6(9(12)13)7-4-3-5-11-8(7)10/h3-6H,2H2,1H3,(H2,10,11)(H,12,13). The van der Waals surface area contributed by atoms with E-state index in [4.69, 9.17) is 10.8 Å². The van der Waals surface area contributed by atoms with Crippen molar-refractivity contribution in [2.45, 2.75) is 19.3 Å². The summed E-state index contributed by atoms with van der Waals surface area (Å²) in [6.45, 7) is 1.81. The topological polar surface area (TPSA) is 76.2 Å². The molecule has 0 aliphatic rings. The molecule has 0 saturated heterocycles. The van der Waals surface area contributed by atoms with Crippen LogP contribution >= 0.6 is 0 Å². The van der Waals surface area contributed by atoms with E-state index in [1.54, 1.807) is 18.3 Å². The summed E-state index contributed by atoms with van der Waals surface area (Å²) >= 11 is 0. The number of aliphatic carboxylic acids is 1. The van der Waals surface area contributed by atoms with Crippen LogP contribution < -0.4 is 5.73 Å². The minimum absolute atomic E-state index is 0.303. The second-order valence-corrected chi connectivity index (χ2v) is 2.78. The van der Waals surface area contributed by atoms with Gasteiger partial charge in [0.05, 0.1) is 5.92 Å². The highest BCUT2D eigenvalue weighted by Crippen LogP contribution is 2.23. The molecule has 0 radical (unpaired) electrons. The lowest BCUT2D eigenvalue weighted by molar-refractivity contribution is -0.138. The van der Waals surface area contributed by atoms with Gasteiger partial charge in [-0.1, -0.05) is 13.0 Å². The van der Waals surface area contributed by atoms with E-state index in [-0.39, 0.29) is 0 Å². The minimum Gasteiger partial charge on any atom is -0.481 e. The van der Waals surface area contributed by atoms with Gasteiger partial charge in [0.25, 0.3) is 0 Å². The Morgan fingerprint density at radius 2 is 2.46 bits per heavy atom. The summed E-state index contributed by atoms with van der Waals surface area (Å²) in [6, 6.07) is 3.39. The number of nitrogens with zero attached hydrogens (tertiary/aromatic N) is 1. The number of anilines is 1. The lowest BCUT2D eigenvalue weighted by atomic mass is 9.97. The third-order valence-corrected chi connectivity index (χ3v) is 1.95. The zero-order valence-electron chi connectivity index (χ0n) is 7.40. The summed E-state index contributed by atoms with van der Waals surface area (Å²) in [7, 11) is 0. The highest BCUT2D eigenvalue weighted by Gasteiger charge is 2.19. The zero-order valence-corrected chi connectivity index (χ0v) is 7.40. The van der Waals surface area contributed by atoms with Gasteiger partial charge in [-0.2, -0.15) is 0 Å². The molecule has 4 nitrogen and oxygen atoms in total. The molecule has 1 heterocycles. The fraction of sp³-hybridized carbons (Fsp3) is 0.333. The molecule has 3 N–H and O–H groups in total.